The van der Waals surface area contributed by atoms with Crippen LogP contribution in [0.15, 0.2) is 51.7 Å². The van der Waals surface area contributed by atoms with E-state index in [1.165, 1.54) is 0 Å². The number of nitrogens with zero attached hydrogens (tertiary/aromatic N) is 4. The molecule has 6 nitrogen and oxygen atoms in total. The van der Waals surface area contributed by atoms with Crippen molar-refractivity contribution in [1.82, 2.24) is 19.2 Å². The third kappa shape index (κ3) is 2.68. The summed E-state index contributed by atoms with van der Waals surface area (Å²) in [5.41, 5.74) is 2.97. The SMILES string of the molecule is CCn1c(=O)c2ccccc2n2c(CNc3ccc(Br)cc3C)nnc12. The Balaban J connectivity index is 1.84. The van der Waals surface area contributed by atoms with Gasteiger partial charge in [0.1, 0.15) is 0 Å². The van der Waals surface area contributed by atoms with E-state index in [0.717, 1.165) is 27.1 Å². The molecule has 0 bridgehead atoms. The molecule has 0 aliphatic carbocycles. The normalized spacial score (nSPS) is 11.3. The van der Waals surface area contributed by atoms with Crippen molar-refractivity contribution in [2.24, 2.45) is 0 Å². The second-order valence-corrected chi connectivity index (χ2v) is 7.05. The fourth-order valence-electron chi connectivity index (χ4n) is 3.21. The fraction of sp³-hybridized carbons (Fsp3) is 0.211. The van der Waals surface area contributed by atoms with Crippen molar-refractivity contribution >= 4 is 38.3 Å². The number of para-hydroxylation sites is 1. The van der Waals surface area contributed by atoms with Crippen LogP contribution in [-0.2, 0) is 13.1 Å². The molecule has 0 atom stereocenters. The molecule has 0 saturated carbocycles. The minimum absolute atomic E-state index is 0.0359. The quantitative estimate of drug-likeness (QED) is 0.555. The first-order valence-corrected chi connectivity index (χ1v) is 9.25. The zero-order valence-electron chi connectivity index (χ0n) is 14.5. The smallest absolute Gasteiger partial charge is 0.262 e. The lowest BCUT2D eigenvalue weighted by molar-refractivity contribution is 0.734. The van der Waals surface area contributed by atoms with Crippen LogP contribution in [0.2, 0.25) is 0 Å². The van der Waals surface area contributed by atoms with Gasteiger partial charge in [-0.3, -0.25) is 13.8 Å². The monoisotopic (exact) mass is 411 g/mol. The van der Waals surface area contributed by atoms with Crippen LogP contribution >= 0.6 is 15.9 Å². The van der Waals surface area contributed by atoms with Gasteiger partial charge in [0.15, 0.2) is 5.82 Å². The molecule has 26 heavy (non-hydrogen) atoms. The second-order valence-electron chi connectivity index (χ2n) is 6.13. The molecule has 0 aliphatic heterocycles. The summed E-state index contributed by atoms with van der Waals surface area (Å²) in [6.45, 7) is 5.05. The van der Waals surface area contributed by atoms with Crippen molar-refractivity contribution < 1.29 is 0 Å². The van der Waals surface area contributed by atoms with Gasteiger partial charge in [-0.25, -0.2) is 0 Å². The van der Waals surface area contributed by atoms with Gasteiger partial charge in [0.2, 0.25) is 5.78 Å². The molecule has 0 radical (unpaired) electrons. The van der Waals surface area contributed by atoms with Gasteiger partial charge in [-0.15, -0.1) is 10.2 Å². The Labute approximate surface area is 158 Å². The summed E-state index contributed by atoms with van der Waals surface area (Å²) in [6.07, 6.45) is 0. The first-order valence-electron chi connectivity index (χ1n) is 8.45. The average molecular weight is 412 g/mol. The number of hydrogen-bond acceptors (Lipinski definition) is 4. The largest absolute Gasteiger partial charge is 0.378 e. The molecule has 0 spiro atoms. The predicted octanol–water partition coefficient (Wildman–Crippen LogP) is 3.75. The van der Waals surface area contributed by atoms with E-state index in [1.807, 2.05) is 47.7 Å². The molecule has 0 amide bonds. The zero-order chi connectivity index (χ0) is 18.3. The molecule has 1 N–H and O–H groups in total. The number of halogens is 1. The Bertz CT molecular complexity index is 1180. The number of aromatic nitrogens is 4. The van der Waals surface area contributed by atoms with Crippen molar-refractivity contribution in [3.63, 3.8) is 0 Å². The van der Waals surface area contributed by atoms with Gasteiger partial charge in [0.05, 0.1) is 17.4 Å². The Hall–Kier alpha value is -2.67. The Morgan fingerprint density at radius 3 is 2.73 bits per heavy atom. The number of rotatable bonds is 4. The summed E-state index contributed by atoms with van der Waals surface area (Å²) >= 11 is 3.48. The zero-order valence-corrected chi connectivity index (χ0v) is 16.1. The molecule has 0 aliphatic rings. The highest BCUT2D eigenvalue weighted by molar-refractivity contribution is 9.10. The van der Waals surface area contributed by atoms with Gasteiger partial charge in [-0.1, -0.05) is 28.1 Å². The lowest BCUT2D eigenvalue weighted by atomic mass is 10.2. The van der Waals surface area contributed by atoms with E-state index in [-0.39, 0.29) is 5.56 Å². The van der Waals surface area contributed by atoms with Crippen molar-refractivity contribution in [2.75, 3.05) is 5.32 Å². The van der Waals surface area contributed by atoms with Crippen LogP contribution in [0, 0.1) is 6.92 Å². The number of fused-ring (bicyclic) bond motifs is 3. The van der Waals surface area contributed by atoms with Crippen LogP contribution in [0.4, 0.5) is 5.69 Å². The van der Waals surface area contributed by atoms with Gasteiger partial charge in [0.25, 0.3) is 5.56 Å². The molecule has 4 aromatic rings. The Kier molecular flexibility index (Phi) is 4.24. The first-order chi connectivity index (χ1) is 12.6. The second kappa shape index (κ2) is 6.57. The van der Waals surface area contributed by atoms with E-state index >= 15 is 0 Å². The van der Waals surface area contributed by atoms with Gasteiger partial charge in [-0.05, 0) is 49.7 Å². The highest BCUT2D eigenvalue weighted by atomic mass is 79.9. The molecular weight excluding hydrogens is 394 g/mol. The van der Waals surface area contributed by atoms with E-state index in [9.17, 15) is 4.79 Å². The number of benzene rings is 2. The van der Waals surface area contributed by atoms with Crippen LogP contribution < -0.4 is 10.9 Å². The molecule has 0 unspecified atom stereocenters. The minimum atomic E-state index is -0.0359. The molecule has 132 valence electrons. The van der Waals surface area contributed by atoms with Crippen LogP contribution in [0.25, 0.3) is 16.7 Å². The third-order valence-corrected chi connectivity index (χ3v) is 5.01. The molecule has 2 heterocycles. The van der Waals surface area contributed by atoms with Crippen LogP contribution in [0.1, 0.15) is 18.3 Å². The Morgan fingerprint density at radius 2 is 1.96 bits per heavy atom. The highest BCUT2D eigenvalue weighted by Gasteiger charge is 2.15. The fourth-order valence-corrected chi connectivity index (χ4v) is 3.69. The first kappa shape index (κ1) is 16.8. The van der Waals surface area contributed by atoms with Crippen LogP contribution in [-0.4, -0.2) is 19.2 Å². The summed E-state index contributed by atoms with van der Waals surface area (Å²) in [5.74, 6) is 1.33. The average Bonchev–Trinajstić information content (AvgIpc) is 3.05. The van der Waals surface area contributed by atoms with Gasteiger partial charge in [0, 0.05) is 16.7 Å². The van der Waals surface area contributed by atoms with E-state index in [0.29, 0.717) is 24.3 Å². The molecule has 2 aromatic heterocycles. The lowest BCUT2D eigenvalue weighted by Gasteiger charge is -2.11. The molecule has 4 rings (SSSR count). The molecule has 2 aromatic carbocycles. The summed E-state index contributed by atoms with van der Waals surface area (Å²) in [5, 5.41) is 12.7. The minimum Gasteiger partial charge on any atom is -0.378 e. The van der Waals surface area contributed by atoms with Gasteiger partial charge >= 0.3 is 0 Å². The van der Waals surface area contributed by atoms with Crippen molar-refractivity contribution in [1.29, 1.82) is 0 Å². The number of nitrogens with one attached hydrogen (secondary N) is 1. The number of aryl methyl sites for hydroxylation is 2. The van der Waals surface area contributed by atoms with Crippen LogP contribution in [0.3, 0.4) is 0 Å². The topological polar surface area (TPSA) is 64.2 Å². The van der Waals surface area contributed by atoms with E-state index < -0.39 is 0 Å². The van der Waals surface area contributed by atoms with Crippen molar-refractivity contribution in [2.45, 2.75) is 26.9 Å². The van der Waals surface area contributed by atoms with E-state index in [2.05, 4.69) is 44.4 Å². The summed E-state index contributed by atoms with van der Waals surface area (Å²) in [4.78, 5) is 12.7. The number of hydrogen-bond donors (Lipinski definition) is 1. The predicted molar refractivity (Wildman–Crippen MR) is 107 cm³/mol. The summed E-state index contributed by atoms with van der Waals surface area (Å²) < 4.78 is 4.66. The standard InChI is InChI=1S/C19H18BrN5O/c1-3-24-18(26)14-6-4-5-7-16(14)25-17(22-23-19(24)25)11-21-15-9-8-13(20)10-12(15)2/h4-10,21H,3,11H2,1-2H3. The maximum atomic E-state index is 12.7. The number of anilines is 1. The summed E-state index contributed by atoms with van der Waals surface area (Å²) in [6, 6.07) is 13.7. The maximum absolute atomic E-state index is 12.7. The molecule has 0 fully saturated rings. The van der Waals surface area contributed by atoms with Crippen molar-refractivity contribution in [3.05, 3.63) is 68.7 Å². The third-order valence-electron chi connectivity index (χ3n) is 4.52. The molecule has 0 saturated heterocycles. The van der Waals surface area contributed by atoms with Gasteiger partial charge in [-0.2, -0.15) is 0 Å². The molecular formula is C19H18BrN5O. The van der Waals surface area contributed by atoms with Gasteiger partial charge < -0.3 is 5.32 Å². The Morgan fingerprint density at radius 1 is 1.15 bits per heavy atom. The lowest BCUT2D eigenvalue weighted by Crippen LogP contribution is -2.23. The van der Waals surface area contributed by atoms with E-state index in [4.69, 9.17) is 0 Å². The van der Waals surface area contributed by atoms with E-state index in [1.54, 1.807) is 4.57 Å². The summed E-state index contributed by atoms with van der Waals surface area (Å²) in [7, 11) is 0. The maximum Gasteiger partial charge on any atom is 0.262 e. The molecule has 7 heteroatoms. The van der Waals surface area contributed by atoms with Crippen molar-refractivity contribution in [3.8, 4) is 0 Å². The highest BCUT2D eigenvalue weighted by Crippen LogP contribution is 2.21. The van der Waals surface area contributed by atoms with Crippen LogP contribution in [0.5, 0.6) is 0 Å².